The van der Waals surface area contributed by atoms with Crippen molar-refractivity contribution in [3.8, 4) is 5.75 Å². The molecule has 0 aliphatic heterocycles. The van der Waals surface area contributed by atoms with E-state index in [1.54, 1.807) is 55.8 Å². The predicted molar refractivity (Wildman–Crippen MR) is 116 cm³/mol. The molecule has 0 spiro atoms. The Morgan fingerprint density at radius 3 is 2.39 bits per heavy atom. The number of hydrogen-bond donors (Lipinski definition) is 3. The lowest BCUT2D eigenvalue weighted by Gasteiger charge is -2.10. The maximum atomic E-state index is 12.7. The SMILES string of the molecule is CCC(=O)[O-].COc1ccc(NS(=O)(=O)c2ccc3[nH]c(=O)c4[nH]ccc4c3c2)cc1. The van der Waals surface area contributed by atoms with Crippen LogP contribution in [-0.4, -0.2) is 31.5 Å². The van der Waals surface area contributed by atoms with E-state index in [-0.39, 0.29) is 16.9 Å². The second kappa shape index (κ2) is 8.92. The Kier molecular flexibility index (Phi) is 6.30. The van der Waals surface area contributed by atoms with E-state index in [9.17, 15) is 23.1 Å². The molecule has 2 aromatic heterocycles. The van der Waals surface area contributed by atoms with Crippen molar-refractivity contribution in [1.82, 2.24) is 9.97 Å². The molecule has 9 nitrogen and oxygen atoms in total. The number of carboxylic acid groups (broad SMARTS) is 1. The molecule has 0 unspecified atom stereocenters. The highest BCUT2D eigenvalue weighted by Crippen LogP contribution is 2.25. The van der Waals surface area contributed by atoms with E-state index in [1.165, 1.54) is 13.0 Å². The van der Waals surface area contributed by atoms with Crippen LogP contribution >= 0.6 is 0 Å². The Bertz CT molecular complexity index is 1390. The molecule has 31 heavy (non-hydrogen) atoms. The minimum Gasteiger partial charge on any atom is -0.550 e. The van der Waals surface area contributed by atoms with Gasteiger partial charge in [-0.2, -0.15) is 0 Å². The van der Waals surface area contributed by atoms with E-state index in [2.05, 4.69) is 14.7 Å². The predicted octanol–water partition coefficient (Wildman–Crippen LogP) is 1.97. The van der Waals surface area contributed by atoms with Gasteiger partial charge in [0, 0.05) is 34.1 Å². The van der Waals surface area contributed by atoms with Crippen molar-refractivity contribution in [2.45, 2.75) is 18.2 Å². The van der Waals surface area contributed by atoms with Gasteiger partial charge in [-0.25, -0.2) is 8.42 Å². The van der Waals surface area contributed by atoms with Crippen LogP contribution in [0.15, 0.2) is 64.4 Å². The van der Waals surface area contributed by atoms with Crippen LogP contribution in [-0.2, 0) is 14.8 Å². The third kappa shape index (κ3) is 4.86. The lowest BCUT2D eigenvalue weighted by Crippen LogP contribution is -2.19. The minimum absolute atomic E-state index is 0.107. The summed E-state index contributed by atoms with van der Waals surface area (Å²) in [5, 5.41) is 10.6. The van der Waals surface area contributed by atoms with Crippen molar-refractivity contribution in [2.24, 2.45) is 0 Å². The molecule has 10 heteroatoms. The number of carbonyl (C=O) groups is 1. The summed E-state index contributed by atoms with van der Waals surface area (Å²) in [6.45, 7) is 1.54. The van der Waals surface area contributed by atoms with E-state index < -0.39 is 16.0 Å². The minimum atomic E-state index is -3.78. The monoisotopic (exact) mass is 442 g/mol. The van der Waals surface area contributed by atoms with Gasteiger partial charge in [0.1, 0.15) is 11.3 Å². The fourth-order valence-corrected chi connectivity index (χ4v) is 3.95. The molecular formula is C21H20N3O6S-. The van der Waals surface area contributed by atoms with Gasteiger partial charge in [0.05, 0.1) is 12.0 Å². The summed E-state index contributed by atoms with van der Waals surface area (Å²) in [5.41, 5.74) is 1.17. The fraction of sp³-hybridized carbons (Fsp3) is 0.143. The van der Waals surface area contributed by atoms with Crippen LogP contribution in [0.3, 0.4) is 0 Å². The molecule has 0 aliphatic carbocycles. The number of methoxy groups -OCH3 is 1. The number of aromatic amines is 2. The topological polar surface area (TPSA) is 144 Å². The average molecular weight is 442 g/mol. The summed E-state index contributed by atoms with van der Waals surface area (Å²) in [6, 6.07) is 12.9. The van der Waals surface area contributed by atoms with Crippen LogP contribution in [0.2, 0.25) is 0 Å². The smallest absolute Gasteiger partial charge is 0.272 e. The van der Waals surface area contributed by atoms with E-state index >= 15 is 0 Å². The van der Waals surface area contributed by atoms with Crippen LogP contribution in [0.1, 0.15) is 13.3 Å². The second-order valence-electron chi connectivity index (χ2n) is 6.49. The molecule has 4 rings (SSSR count). The van der Waals surface area contributed by atoms with Crippen molar-refractivity contribution in [3.63, 3.8) is 0 Å². The van der Waals surface area contributed by atoms with Crippen LogP contribution in [0.5, 0.6) is 5.75 Å². The Morgan fingerprint density at radius 1 is 1.10 bits per heavy atom. The van der Waals surface area contributed by atoms with Crippen LogP contribution in [0, 0.1) is 0 Å². The molecule has 2 heterocycles. The van der Waals surface area contributed by atoms with Crippen LogP contribution < -0.4 is 20.1 Å². The molecule has 4 aromatic rings. The first-order valence-electron chi connectivity index (χ1n) is 9.25. The van der Waals surface area contributed by atoms with E-state index in [1.807, 2.05) is 0 Å². The number of H-pyrrole nitrogens is 2. The highest BCUT2D eigenvalue weighted by atomic mass is 32.2. The van der Waals surface area contributed by atoms with Gasteiger partial charge in [0.2, 0.25) is 0 Å². The maximum Gasteiger partial charge on any atom is 0.272 e. The second-order valence-corrected chi connectivity index (χ2v) is 8.17. The van der Waals surface area contributed by atoms with Gasteiger partial charge in [-0.3, -0.25) is 9.52 Å². The zero-order valence-corrected chi connectivity index (χ0v) is 17.6. The van der Waals surface area contributed by atoms with Crippen molar-refractivity contribution in [1.29, 1.82) is 0 Å². The maximum absolute atomic E-state index is 12.7. The third-order valence-electron chi connectivity index (χ3n) is 4.44. The number of pyridine rings is 1. The molecule has 0 aliphatic rings. The van der Waals surface area contributed by atoms with E-state index in [0.29, 0.717) is 33.2 Å². The summed E-state index contributed by atoms with van der Waals surface area (Å²) in [4.78, 5) is 27.0. The number of hydrogen-bond acceptors (Lipinski definition) is 6. The molecule has 0 amide bonds. The Morgan fingerprint density at radius 2 is 1.77 bits per heavy atom. The van der Waals surface area contributed by atoms with Gasteiger partial charge < -0.3 is 24.6 Å². The van der Waals surface area contributed by atoms with E-state index in [4.69, 9.17) is 4.74 Å². The van der Waals surface area contributed by atoms with Crippen LogP contribution in [0.25, 0.3) is 21.8 Å². The first-order chi connectivity index (χ1) is 14.7. The Labute approximate surface area is 177 Å². The number of aromatic nitrogens is 2. The average Bonchev–Trinajstić information content (AvgIpc) is 3.25. The van der Waals surface area contributed by atoms with Crippen molar-refractivity contribution in [3.05, 3.63) is 65.1 Å². The van der Waals surface area contributed by atoms with Crippen LogP contribution in [0.4, 0.5) is 5.69 Å². The molecule has 0 saturated heterocycles. The van der Waals surface area contributed by atoms with Crippen molar-refractivity contribution in [2.75, 3.05) is 11.8 Å². The molecule has 2 aromatic carbocycles. The molecular weight excluding hydrogens is 422 g/mol. The molecule has 0 atom stereocenters. The van der Waals surface area contributed by atoms with Gasteiger partial charge in [-0.1, -0.05) is 6.92 Å². The lowest BCUT2D eigenvalue weighted by atomic mass is 10.1. The van der Waals surface area contributed by atoms with Gasteiger partial charge >= 0.3 is 0 Å². The number of ether oxygens (including phenoxy) is 1. The standard InChI is InChI=1S/C18H15N3O4S.C3H6O2/c1-25-12-4-2-11(3-5-12)21-26(23,24)13-6-7-16-15(10-13)14-8-9-19-17(14)18(22)20-16;1-2-3(4)5/h2-10,19,21H,1H3,(H,20,22);2H2,1H3,(H,4,5)/p-1. The fourth-order valence-electron chi connectivity index (χ4n) is 2.86. The molecule has 162 valence electrons. The van der Waals surface area contributed by atoms with Gasteiger partial charge in [-0.15, -0.1) is 0 Å². The Hall–Kier alpha value is -3.79. The molecule has 0 fully saturated rings. The number of carboxylic acids is 1. The van der Waals surface area contributed by atoms with Crippen molar-refractivity contribution >= 4 is 43.5 Å². The highest BCUT2D eigenvalue weighted by Gasteiger charge is 2.16. The summed E-state index contributed by atoms with van der Waals surface area (Å²) in [5.74, 6) is -0.359. The highest BCUT2D eigenvalue weighted by molar-refractivity contribution is 7.92. The lowest BCUT2D eigenvalue weighted by molar-refractivity contribution is -0.305. The number of nitrogens with one attached hydrogen (secondary N) is 3. The first-order valence-corrected chi connectivity index (χ1v) is 10.7. The van der Waals surface area contributed by atoms with Gasteiger partial charge in [-0.05, 0) is 55.0 Å². The summed E-state index contributed by atoms with van der Waals surface area (Å²) in [7, 11) is -2.24. The normalized spacial score (nSPS) is 11.0. The number of anilines is 1. The number of benzene rings is 2. The largest absolute Gasteiger partial charge is 0.550 e. The van der Waals surface area contributed by atoms with Gasteiger partial charge in [0.15, 0.2) is 0 Å². The summed E-state index contributed by atoms with van der Waals surface area (Å²) >= 11 is 0. The number of aliphatic carboxylic acids is 1. The molecule has 0 radical (unpaired) electrons. The Balaban J connectivity index is 0.000000491. The zero-order chi connectivity index (χ0) is 22.6. The first kappa shape index (κ1) is 21.9. The summed E-state index contributed by atoms with van der Waals surface area (Å²) in [6.07, 6.45) is 1.76. The molecule has 0 saturated carbocycles. The summed E-state index contributed by atoms with van der Waals surface area (Å²) < 4.78 is 33.0. The van der Waals surface area contributed by atoms with Gasteiger partial charge in [0.25, 0.3) is 15.6 Å². The molecule has 0 bridgehead atoms. The quantitative estimate of drug-likeness (QED) is 0.431. The van der Waals surface area contributed by atoms with E-state index in [0.717, 1.165) is 0 Å². The number of carbonyl (C=O) groups excluding carboxylic acids is 1. The zero-order valence-electron chi connectivity index (χ0n) is 16.8. The third-order valence-corrected chi connectivity index (χ3v) is 5.82. The number of sulfonamides is 1. The number of rotatable bonds is 5. The molecule has 3 N–H and O–H groups in total. The number of fused-ring (bicyclic) bond motifs is 3. The van der Waals surface area contributed by atoms with Crippen molar-refractivity contribution < 1.29 is 23.1 Å².